The molecular weight excluding hydrogens is 388 g/mol. The van der Waals surface area contributed by atoms with Crippen LogP contribution in [0.1, 0.15) is 37.0 Å². The fraction of sp³-hybridized carbons (Fsp3) is 0.364. The average Bonchev–Trinajstić information content (AvgIpc) is 3.43. The van der Waals surface area contributed by atoms with Gasteiger partial charge in [-0.3, -0.25) is 14.5 Å². The Kier molecular flexibility index (Phi) is 5.20. The average molecular weight is 410 g/mol. The lowest BCUT2D eigenvalue weighted by molar-refractivity contribution is -0.129. The molecule has 2 amide bonds. The van der Waals surface area contributed by atoms with Crippen molar-refractivity contribution in [2.24, 2.45) is 11.7 Å². The predicted molar refractivity (Wildman–Crippen MR) is 111 cm³/mol. The molecule has 0 radical (unpaired) electrons. The maximum atomic E-state index is 13.2. The first-order valence-electron chi connectivity index (χ1n) is 9.63. The summed E-state index contributed by atoms with van der Waals surface area (Å²) in [4.78, 5) is 28.4. The summed E-state index contributed by atoms with van der Waals surface area (Å²) in [5.74, 6) is 1.98. The number of ether oxygens (including phenoxy) is 2. The number of fused-ring (bicyclic) bond motifs is 1. The molecule has 1 aromatic heterocycles. The van der Waals surface area contributed by atoms with Crippen LogP contribution in [0.15, 0.2) is 35.7 Å². The number of hydrogen-bond acceptors (Lipinski definition) is 5. The number of nitrogens with two attached hydrogens (primary N) is 1. The zero-order chi connectivity index (χ0) is 20.4. The molecule has 1 saturated carbocycles. The molecule has 4 rings (SSSR count). The van der Waals surface area contributed by atoms with Gasteiger partial charge in [-0.1, -0.05) is 25.3 Å². The van der Waals surface area contributed by atoms with Gasteiger partial charge in [-0.05, 0) is 48.3 Å². The van der Waals surface area contributed by atoms with Crippen LogP contribution in [0.4, 0.5) is 5.69 Å². The molecule has 150 valence electrons. The first-order chi connectivity index (χ1) is 14.1. The minimum Gasteiger partial charge on any atom is -0.454 e. The molecule has 29 heavy (non-hydrogen) atoms. The third-order valence-electron chi connectivity index (χ3n) is 5.76. The second-order valence-corrected chi connectivity index (χ2v) is 8.21. The molecule has 0 bridgehead atoms. The van der Waals surface area contributed by atoms with Crippen molar-refractivity contribution in [1.82, 2.24) is 0 Å². The maximum absolute atomic E-state index is 13.2. The Bertz CT molecular complexity index is 960. The smallest absolute Gasteiger partial charge is 0.303 e. The van der Waals surface area contributed by atoms with Crippen LogP contribution in [0.3, 0.4) is 0 Å². The van der Waals surface area contributed by atoms with Crippen molar-refractivity contribution < 1.29 is 19.1 Å². The fourth-order valence-electron chi connectivity index (χ4n) is 4.51. The normalized spacial score (nSPS) is 17.9. The lowest BCUT2D eigenvalue weighted by atomic mass is 9.71. The fourth-order valence-corrected chi connectivity index (χ4v) is 5.51. The van der Waals surface area contributed by atoms with E-state index in [0.717, 1.165) is 37.0 Å². The number of anilines is 1. The van der Waals surface area contributed by atoms with Gasteiger partial charge in [-0.25, -0.2) is 0 Å². The van der Waals surface area contributed by atoms with Gasteiger partial charge in [0.05, 0.1) is 5.69 Å². The molecule has 0 spiro atoms. The first kappa shape index (κ1) is 19.3. The SMILES string of the molecule is C#CC(=O)N(c1ccc2c(c1)OCO2)C(C(N)=O)(c1cccs1)C1CCCCC1. The highest BCUT2D eigenvalue weighted by molar-refractivity contribution is 7.10. The number of thiophene rings is 1. The van der Waals surface area contributed by atoms with Gasteiger partial charge >= 0.3 is 5.91 Å². The van der Waals surface area contributed by atoms with E-state index < -0.39 is 17.4 Å². The second-order valence-electron chi connectivity index (χ2n) is 7.27. The van der Waals surface area contributed by atoms with E-state index >= 15 is 0 Å². The minimum absolute atomic E-state index is 0.108. The molecule has 1 fully saturated rings. The lowest BCUT2D eigenvalue weighted by Crippen LogP contribution is -2.61. The number of carbonyl (C=O) groups is 2. The molecule has 2 heterocycles. The van der Waals surface area contributed by atoms with Crippen molar-refractivity contribution >= 4 is 28.8 Å². The molecule has 2 aliphatic rings. The van der Waals surface area contributed by atoms with Crippen molar-refractivity contribution in [3.63, 3.8) is 0 Å². The molecule has 6 nitrogen and oxygen atoms in total. The summed E-state index contributed by atoms with van der Waals surface area (Å²) in [6.07, 6.45) is 10.2. The van der Waals surface area contributed by atoms with E-state index in [2.05, 4.69) is 5.92 Å². The highest BCUT2D eigenvalue weighted by atomic mass is 32.1. The largest absolute Gasteiger partial charge is 0.454 e. The van der Waals surface area contributed by atoms with E-state index in [4.69, 9.17) is 21.6 Å². The van der Waals surface area contributed by atoms with E-state index in [1.807, 2.05) is 17.5 Å². The van der Waals surface area contributed by atoms with Gasteiger partial charge in [0.25, 0.3) is 0 Å². The third-order valence-corrected chi connectivity index (χ3v) is 6.76. The monoisotopic (exact) mass is 410 g/mol. The summed E-state index contributed by atoms with van der Waals surface area (Å²) in [7, 11) is 0. The van der Waals surface area contributed by atoms with Crippen molar-refractivity contribution in [2.45, 2.75) is 37.6 Å². The van der Waals surface area contributed by atoms with Crippen LogP contribution in [-0.2, 0) is 15.1 Å². The number of terminal acetylenes is 1. The second kappa shape index (κ2) is 7.80. The Hall–Kier alpha value is -2.98. The van der Waals surface area contributed by atoms with Gasteiger partial charge in [0.2, 0.25) is 12.7 Å². The summed E-state index contributed by atoms with van der Waals surface area (Å²) in [5, 5.41) is 1.88. The van der Waals surface area contributed by atoms with Crippen LogP contribution in [0.5, 0.6) is 11.5 Å². The Morgan fingerprint density at radius 1 is 1.17 bits per heavy atom. The van der Waals surface area contributed by atoms with Gasteiger partial charge < -0.3 is 15.2 Å². The Morgan fingerprint density at radius 3 is 2.59 bits per heavy atom. The van der Waals surface area contributed by atoms with Crippen LogP contribution < -0.4 is 20.1 Å². The maximum Gasteiger partial charge on any atom is 0.303 e. The van der Waals surface area contributed by atoms with E-state index in [1.54, 1.807) is 18.2 Å². The summed E-state index contributed by atoms with van der Waals surface area (Å²) in [6.45, 7) is 0.108. The van der Waals surface area contributed by atoms with E-state index in [0.29, 0.717) is 17.2 Å². The van der Waals surface area contributed by atoms with E-state index in [1.165, 1.54) is 16.2 Å². The number of nitrogens with zero attached hydrogens (tertiary/aromatic N) is 1. The molecule has 2 aromatic rings. The third kappa shape index (κ3) is 3.14. The topological polar surface area (TPSA) is 81.9 Å². The summed E-state index contributed by atoms with van der Waals surface area (Å²) in [5.41, 5.74) is 5.20. The number of benzene rings is 1. The zero-order valence-corrected chi connectivity index (χ0v) is 16.7. The van der Waals surface area contributed by atoms with Gasteiger partial charge in [0.15, 0.2) is 17.0 Å². The van der Waals surface area contributed by atoms with Gasteiger partial charge in [0.1, 0.15) is 0 Å². The van der Waals surface area contributed by atoms with Crippen LogP contribution >= 0.6 is 11.3 Å². The Labute approximate surface area is 173 Å². The highest BCUT2D eigenvalue weighted by Gasteiger charge is 2.54. The molecule has 1 unspecified atom stereocenters. The number of amides is 2. The zero-order valence-electron chi connectivity index (χ0n) is 15.9. The molecule has 7 heteroatoms. The van der Waals surface area contributed by atoms with Crippen LogP contribution in [0.2, 0.25) is 0 Å². The van der Waals surface area contributed by atoms with Crippen molar-refractivity contribution in [1.29, 1.82) is 0 Å². The standard InChI is InChI=1S/C22H22N2O4S/c1-2-20(25)24(16-10-11-17-18(13-16)28-14-27-17)22(21(23)26,19-9-6-12-29-19)15-7-4-3-5-8-15/h1,6,9-13,15H,3-5,7-8,14H2,(H2,23,26). The Morgan fingerprint density at radius 2 is 1.93 bits per heavy atom. The predicted octanol–water partition coefficient (Wildman–Crippen LogP) is 3.40. The number of primary amides is 1. The molecule has 1 atom stereocenters. The number of hydrogen-bond donors (Lipinski definition) is 1. The van der Waals surface area contributed by atoms with Crippen LogP contribution in [0.25, 0.3) is 0 Å². The van der Waals surface area contributed by atoms with Crippen molar-refractivity contribution in [3.8, 4) is 23.8 Å². The molecule has 1 aliphatic carbocycles. The quantitative estimate of drug-likeness (QED) is 0.766. The van der Waals surface area contributed by atoms with Gasteiger partial charge in [-0.15, -0.1) is 17.8 Å². The van der Waals surface area contributed by atoms with E-state index in [-0.39, 0.29) is 12.7 Å². The molecule has 2 N–H and O–H groups in total. The number of carbonyl (C=O) groups excluding carboxylic acids is 2. The van der Waals surface area contributed by atoms with Crippen LogP contribution in [-0.4, -0.2) is 18.6 Å². The Balaban J connectivity index is 1.95. The van der Waals surface area contributed by atoms with Gasteiger partial charge in [0, 0.05) is 10.9 Å². The highest BCUT2D eigenvalue weighted by Crippen LogP contribution is 2.48. The number of rotatable bonds is 5. The summed E-state index contributed by atoms with van der Waals surface area (Å²) < 4.78 is 10.9. The van der Waals surface area contributed by atoms with E-state index in [9.17, 15) is 9.59 Å². The molecule has 1 aliphatic heterocycles. The summed E-state index contributed by atoms with van der Waals surface area (Å²) >= 11 is 1.41. The van der Waals surface area contributed by atoms with Crippen LogP contribution in [0, 0.1) is 18.3 Å². The molecular formula is C22H22N2O4S. The molecule has 1 aromatic carbocycles. The first-order valence-corrected chi connectivity index (χ1v) is 10.5. The lowest BCUT2D eigenvalue weighted by Gasteiger charge is -2.46. The van der Waals surface area contributed by atoms with Crippen molar-refractivity contribution in [3.05, 3.63) is 40.6 Å². The molecule has 0 saturated heterocycles. The van der Waals surface area contributed by atoms with Gasteiger partial charge in [-0.2, -0.15) is 0 Å². The van der Waals surface area contributed by atoms with Crippen molar-refractivity contribution in [2.75, 3.05) is 11.7 Å². The summed E-state index contributed by atoms with van der Waals surface area (Å²) in [6, 6.07) is 8.84. The minimum atomic E-state index is -1.36.